The zero-order chi connectivity index (χ0) is 34.8. The topological polar surface area (TPSA) is 36.9 Å². The molecule has 0 atom stereocenters. The summed E-state index contributed by atoms with van der Waals surface area (Å²) >= 11 is 0. The van der Waals surface area contributed by atoms with Gasteiger partial charge in [-0.3, -0.25) is 0 Å². The van der Waals surface area contributed by atoms with Crippen LogP contribution in [0.2, 0.25) is 0 Å². The average molecular weight is 655 g/mol. The zero-order valence-electron chi connectivity index (χ0n) is 31.1. The zero-order valence-corrected chi connectivity index (χ0v) is 32.0. The first kappa shape index (κ1) is 36.3. The van der Waals surface area contributed by atoms with E-state index in [1.165, 1.54) is 22.0 Å². The van der Waals surface area contributed by atoms with Crippen molar-refractivity contribution in [2.75, 3.05) is 28.4 Å². The summed E-state index contributed by atoms with van der Waals surface area (Å²) in [5, 5.41) is 1.20. The predicted octanol–water partition coefficient (Wildman–Crippen LogP) is 11.7. The number of ether oxygens (including phenoxy) is 4. The van der Waals surface area contributed by atoms with Crippen molar-refractivity contribution in [3.8, 4) is 56.4 Å². The third-order valence-corrected chi connectivity index (χ3v) is 12.3. The molecule has 0 fully saturated rings. The van der Waals surface area contributed by atoms with E-state index in [1.807, 2.05) is 24.3 Å². The molecule has 0 saturated heterocycles. The summed E-state index contributed by atoms with van der Waals surface area (Å²) in [7, 11) is 6.30. The molecule has 4 aromatic rings. The molecule has 0 amide bonds. The smallest absolute Gasteiger partial charge is 0.127 e. The lowest BCUT2D eigenvalue weighted by Gasteiger charge is -2.44. The van der Waals surface area contributed by atoms with Crippen molar-refractivity contribution in [3.05, 3.63) is 77.9 Å². The highest BCUT2D eigenvalue weighted by molar-refractivity contribution is 7.69. The number of methoxy groups -OCH3 is 4. The molecule has 0 N–H and O–H groups in total. The first-order valence-electron chi connectivity index (χ1n) is 16.6. The molecule has 0 heterocycles. The van der Waals surface area contributed by atoms with Crippen molar-refractivity contribution in [1.29, 1.82) is 0 Å². The minimum absolute atomic E-state index is 0.0241. The van der Waals surface area contributed by atoms with E-state index in [0.717, 1.165) is 50.8 Å². The molecule has 0 aliphatic rings. The van der Waals surface area contributed by atoms with Crippen LogP contribution in [0.4, 0.5) is 0 Å². The van der Waals surface area contributed by atoms with Crippen LogP contribution in [0, 0.1) is 0 Å². The molecule has 0 spiro atoms. The lowest BCUT2D eigenvalue weighted by Crippen LogP contribution is -2.33. The van der Waals surface area contributed by atoms with Crippen LogP contribution in [0.25, 0.3) is 33.4 Å². The number of hydrogen-bond acceptors (Lipinski definition) is 4. The minimum Gasteiger partial charge on any atom is -0.496 e. The molecule has 0 bridgehead atoms. The van der Waals surface area contributed by atoms with Crippen LogP contribution in [0.5, 0.6) is 23.0 Å². The van der Waals surface area contributed by atoms with E-state index in [9.17, 15) is 0 Å². The Kier molecular flexibility index (Phi) is 11.1. The second kappa shape index (κ2) is 14.3. The van der Waals surface area contributed by atoms with E-state index in [1.54, 1.807) is 28.4 Å². The molecule has 5 heteroatoms. The van der Waals surface area contributed by atoms with Crippen molar-refractivity contribution >= 4 is 13.2 Å². The largest absolute Gasteiger partial charge is 0.496 e. The predicted molar refractivity (Wildman–Crippen MR) is 203 cm³/mol. The maximum Gasteiger partial charge on any atom is 0.127 e. The molecule has 4 aromatic carbocycles. The van der Waals surface area contributed by atoms with E-state index in [0.29, 0.717) is 0 Å². The van der Waals surface area contributed by atoms with Crippen molar-refractivity contribution in [2.24, 2.45) is 0 Å². The van der Waals surface area contributed by atoms with E-state index in [2.05, 4.69) is 112 Å². The second-order valence-corrected chi connectivity index (χ2v) is 18.6. The quantitative estimate of drug-likeness (QED) is 0.159. The Labute approximate surface area is 285 Å². The average Bonchev–Trinajstić information content (AvgIpc) is 3.01. The van der Waals surface area contributed by atoms with Gasteiger partial charge in [-0.1, -0.05) is 114 Å². The Bertz CT molecular complexity index is 1610. The van der Waals surface area contributed by atoms with Gasteiger partial charge < -0.3 is 18.9 Å². The molecule has 0 unspecified atom stereocenters. The Hall–Kier alpha value is -3.49. The maximum absolute atomic E-state index is 6.37. The standard InChI is InChI=1S/C42H55O4P/c1-26(2)36-30(28-19-15-17-21-32(28)43-11)25-31(29-20-16-18-22-33(29)44-12)37(27(3)4)39(36)38-34(45-13)23-24-35(46-14)40(38)47(41(5,6)7)42(8,9)10/h15-27H,1-14H3. The summed E-state index contributed by atoms with van der Waals surface area (Å²) in [6.45, 7) is 23.4. The first-order chi connectivity index (χ1) is 22.1. The number of benzene rings is 4. The van der Waals surface area contributed by atoms with Crippen molar-refractivity contribution in [3.63, 3.8) is 0 Å². The summed E-state index contributed by atoms with van der Waals surface area (Å²) < 4.78 is 24.7. The fourth-order valence-electron chi connectivity index (χ4n) is 7.39. The Balaban J connectivity index is 2.44. The SMILES string of the molecule is COc1ccccc1-c1cc(-c2ccccc2OC)c(C(C)C)c(-c2c(OC)ccc(OC)c2P(C(C)(C)C)C(C)(C)C)c1C(C)C. The van der Waals surface area contributed by atoms with Gasteiger partial charge in [0.25, 0.3) is 0 Å². The van der Waals surface area contributed by atoms with Gasteiger partial charge in [0.05, 0.1) is 28.4 Å². The lowest BCUT2D eigenvalue weighted by molar-refractivity contribution is 0.407. The summed E-state index contributed by atoms with van der Waals surface area (Å²) in [6, 6.07) is 23.2. The van der Waals surface area contributed by atoms with Gasteiger partial charge in [-0.05, 0) is 80.3 Å². The van der Waals surface area contributed by atoms with Crippen LogP contribution in [-0.2, 0) is 0 Å². The van der Waals surface area contributed by atoms with Crippen molar-refractivity contribution in [1.82, 2.24) is 0 Å². The molecular formula is C42H55O4P. The fraction of sp³-hybridized carbons (Fsp3) is 0.429. The monoisotopic (exact) mass is 654 g/mol. The summed E-state index contributed by atoms with van der Waals surface area (Å²) in [6.07, 6.45) is 0. The Morgan fingerprint density at radius 3 is 1.21 bits per heavy atom. The number of hydrogen-bond donors (Lipinski definition) is 0. The third kappa shape index (κ3) is 7.05. The van der Waals surface area contributed by atoms with Gasteiger partial charge in [-0.15, -0.1) is 0 Å². The minimum atomic E-state index is -0.795. The van der Waals surface area contributed by atoms with Gasteiger partial charge >= 0.3 is 0 Å². The third-order valence-electron chi connectivity index (χ3n) is 8.71. The molecule has 47 heavy (non-hydrogen) atoms. The van der Waals surface area contributed by atoms with Gasteiger partial charge in [-0.2, -0.15) is 0 Å². The van der Waals surface area contributed by atoms with Crippen LogP contribution in [0.3, 0.4) is 0 Å². The van der Waals surface area contributed by atoms with Crippen LogP contribution >= 0.6 is 7.92 Å². The van der Waals surface area contributed by atoms with E-state index in [4.69, 9.17) is 18.9 Å². The highest BCUT2D eigenvalue weighted by atomic mass is 31.1. The summed E-state index contributed by atoms with van der Waals surface area (Å²) in [5.74, 6) is 3.79. The molecule has 4 rings (SSSR count). The van der Waals surface area contributed by atoms with E-state index in [-0.39, 0.29) is 22.1 Å². The van der Waals surface area contributed by atoms with Gasteiger partial charge in [0, 0.05) is 22.0 Å². The molecule has 0 aliphatic carbocycles. The first-order valence-corrected chi connectivity index (χ1v) is 18.0. The lowest BCUT2D eigenvalue weighted by atomic mass is 9.76. The summed E-state index contributed by atoms with van der Waals surface area (Å²) in [4.78, 5) is 0. The molecule has 0 aromatic heterocycles. The van der Waals surface area contributed by atoms with Crippen LogP contribution in [0.15, 0.2) is 66.7 Å². The van der Waals surface area contributed by atoms with Gasteiger partial charge in [0.1, 0.15) is 23.0 Å². The highest BCUT2D eigenvalue weighted by Crippen LogP contribution is 2.63. The molecular weight excluding hydrogens is 599 g/mol. The maximum atomic E-state index is 6.37. The second-order valence-electron chi connectivity index (χ2n) is 14.8. The van der Waals surface area contributed by atoms with Gasteiger partial charge in [0.15, 0.2) is 0 Å². The Morgan fingerprint density at radius 1 is 0.468 bits per heavy atom. The summed E-state index contributed by atoms with van der Waals surface area (Å²) in [5.41, 5.74) is 9.28. The van der Waals surface area contributed by atoms with Crippen molar-refractivity contribution < 1.29 is 18.9 Å². The molecule has 0 aliphatic heterocycles. The molecule has 0 saturated carbocycles. The van der Waals surface area contributed by atoms with E-state index >= 15 is 0 Å². The van der Waals surface area contributed by atoms with Gasteiger partial charge in [0.2, 0.25) is 0 Å². The van der Waals surface area contributed by atoms with Crippen LogP contribution in [0.1, 0.15) is 92.2 Å². The van der Waals surface area contributed by atoms with Crippen LogP contribution < -0.4 is 24.3 Å². The molecule has 252 valence electrons. The Morgan fingerprint density at radius 2 is 0.851 bits per heavy atom. The normalized spacial score (nSPS) is 12.2. The fourth-order valence-corrected chi connectivity index (χ4v) is 11.6. The highest BCUT2D eigenvalue weighted by Gasteiger charge is 2.41. The van der Waals surface area contributed by atoms with Crippen molar-refractivity contribution in [2.45, 2.75) is 91.4 Å². The van der Waals surface area contributed by atoms with Crippen LogP contribution in [-0.4, -0.2) is 38.8 Å². The van der Waals surface area contributed by atoms with E-state index < -0.39 is 7.92 Å². The molecule has 4 nitrogen and oxygen atoms in total. The van der Waals surface area contributed by atoms with Gasteiger partial charge in [-0.25, -0.2) is 0 Å². The molecule has 0 radical (unpaired) electrons. The number of rotatable bonds is 10. The number of para-hydroxylation sites is 2.